The van der Waals surface area contributed by atoms with Crippen LogP contribution in [0, 0.1) is 0 Å². The van der Waals surface area contributed by atoms with E-state index in [2.05, 4.69) is 9.97 Å². The van der Waals surface area contributed by atoms with E-state index >= 15 is 0 Å². The van der Waals surface area contributed by atoms with E-state index in [0.29, 0.717) is 18.9 Å². The van der Waals surface area contributed by atoms with Crippen molar-refractivity contribution < 1.29 is 13.2 Å². The first-order valence-corrected chi connectivity index (χ1v) is 7.60. The molecular weight excluding hydrogens is 313 g/mol. The van der Waals surface area contributed by atoms with Gasteiger partial charge >= 0.3 is 6.18 Å². The van der Waals surface area contributed by atoms with E-state index in [1.807, 2.05) is 23.9 Å². The standard InChI is InChI=1S/C14H15F3N4S/c1-20(2)13-19-10-5-6-21(8-11(10)22-13)12-4-3-9(7-18-12)14(15,16)17/h3-4,7H,5-6,8H2,1-2H3. The van der Waals surface area contributed by atoms with Crippen molar-refractivity contribution in [2.75, 3.05) is 30.4 Å². The van der Waals surface area contributed by atoms with Crippen molar-refractivity contribution in [2.24, 2.45) is 0 Å². The minimum atomic E-state index is -4.35. The molecule has 0 saturated heterocycles. The van der Waals surface area contributed by atoms with Gasteiger partial charge in [-0.25, -0.2) is 9.97 Å². The lowest BCUT2D eigenvalue weighted by molar-refractivity contribution is -0.137. The molecule has 2 aromatic heterocycles. The molecule has 8 heteroatoms. The zero-order chi connectivity index (χ0) is 15.9. The molecule has 0 spiro atoms. The number of pyridine rings is 1. The van der Waals surface area contributed by atoms with E-state index in [1.165, 1.54) is 6.07 Å². The van der Waals surface area contributed by atoms with Gasteiger partial charge in [0.2, 0.25) is 0 Å². The van der Waals surface area contributed by atoms with Crippen LogP contribution in [0.2, 0.25) is 0 Å². The first-order valence-electron chi connectivity index (χ1n) is 6.78. The molecule has 2 aromatic rings. The Hall–Kier alpha value is -1.83. The first kappa shape index (κ1) is 15.1. The molecule has 0 fully saturated rings. The van der Waals surface area contributed by atoms with Crippen molar-refractivity contribution in [1.29, 1.82) is 0 Å². The van der Waals surface area contributed by atoms with E-state index in [1.54, 1.807) is 11.3 Å². The quantitative estimate of drug-likeness (QED) is 0.847. The number of hydrogen-bond acceptors (Lipinski definition) is 5. The zero-order valence-electron chi connectivity index (χ0n) is 12.2. The van der Waals surface area contributed by atoms with Gasteiger partial charge in [-0.15, -0.1) is 0 Å². The van der Waals surface area contributed by atoms with Crippen LogP contribution in [0.5, 0.6) is 0 Å². The van der Waals surface area contributed by atoms with Gasteiger partial charge in [0.1, 0.15) is 5.82 Å². The van der Waals surface area contributed by atoms with E-state index in [4.69, 9.17) is 0 Å². The van der Waals surface area contributed by atoms with Gasteiger partial charge in [0.05, 0.1) is 17.8 Å². The molecule has 3 heterocycles. The summed E-state index contributed by atoms with van der Waals surface area (Å²) < 4.78 is 37.7. The van der Waals surface area contributed by atoms with Crippen molar-refractivity contribution in [1.82, 2.24) is 9.97 Å². The molecule has 0 bridgehead atoms. The maximum atomic E-state index is 12.6. The number of fused-ring (bicyclic) bond motifs is 1. The number of nitrogens with zero attached hydrogens (tertiary/aromatic N) is 4. The fourth-order valence-corrected chi connectivity index (χ4v) is 3.35. The third kappa shape index (κ3) is 2.87. The first-order chi connectivity index (χ1) is 10.3. The van der Waals surface area contributed by atoms with Crippen LogP contribution in [-0.2, 0) is 19.1 Å². The van der Waals surface area contributed by atoms with Crippen LogP contribution in [0.4, 0.5) is 24.1 Å². The Labute approximate surface area is 130 Å². The Morgan fingerprint density at radius 3 is 2.64 bits per heavy atom. The Morgan fingerprint density at radius 1 is 1.27 bits per heavy atom. The molecule has 0 unspecified atom stereocenters. The average Bonchev–Trinajstić information content (AvgIpc) is 2.89. The summed E-state index contributed by atoms with van der Waals surface area (Å²) in [5.41, 5.74) is 0.360. The number of alkyl halides is 3. The molecule has 3 rings (SSSR count). The minimum Gasteiger partial charge on any atom is -0.354 e. The summed E-state index contributed by atoms with van der Waals surface area (Å²) in [6, 6.07) is 2.51. The van der Waals surface area contributed by atoms with Gasteiger partial charge in [-0.3, -0.25) is 0 Å². The molecule has 1 aliphatic heterocycles. The number of aromatic nitrogens is 2. The van der Waals surface area contributed by atoms with E-state index in [9.17, 15) is 13.2 Å². The van der Waals surface area contributed by atoms with Gasteiger partial charge in [-0.2, -0.15) is 13.2 Å². The Balaban J connectivity index is 1.79. The number of halogens is 3. The van der Waals surface area contributed by atoms with Gasteiger partial charge in [0.15, 0.2) is 5.13 Å². The largest absolute Gasteiger partial charge is 0.417 e. The molecule has 0 radical (unpaired) electrons. The van der Waals surface area contributed by atoms with Crippen molar-refractivity contribution in [3.05, 3.63) is 34.5 Å². The average molecular weight is 328 g/mol. The van der Waals surface area contributed by atoms with Gasteiger partial charge in [-0.05, 0) is 12.1 Å². The smallest absolute Gasteiger partial charge is 0.354 e. The summed E-state index contributed by atoms with van der Waals surface area (Å²) in [5.74, 6) is 0.568. The normalized spacial score (nSPS) is 14.9. The van der Waals surface area contributed by atoms with E-state index in [0.717, 1.165) is 34.4 Å². The molecule has 0 amide bonds. The highest BCUT2D eigenvalue weighted by atomic mass is 32.1. The summed E-state index contributed by atoms with van der Waals surface area (Å²) >= 11 is 1.61. The van der Waals surface area contributed by atoms with Crippen LogP contribution in [0.15, 0.2) is 18.3 Å². The molecule has 0 N–H and O–H groups in total. The molecule has 4 nitrogen and oxygen atoms in total. The predicted octanol–water partition coefficient (Wildman–Crippen LogP) is 3.19. The summed E-state index contributed by atoms with van der Waals surface area (Å²) in [6.07, 6.45) is -2.68. The maximum absolute atomic E-state index is 12.6. The lowest BCUT2D eigenvalue weighted by Gasteiger charge is -2.27. The topological polar surface area (TPSA) is 32.3 Å². The van der Waals surface area contributed by atoms with Crippen molar-refractivity contribution >= 4 is 22.3 Å². The van der Waals surface area contributed by atoms with Gasteiger partial charge in [0, 0.05) is 38.1 Å². The summed E-state index contributed by atoms with van der Waals surface area (Å²) in [7, 11) is 3.89. The number of thiazole rings is 1. The number of rotatable bonds is 2. The fraction of sp³-hybridized carbons (Fsp3) is 0.429. The van der Waals surface area contributed by atoms with Gasteiger partial charge in [-0.1, -0.05) is 11.3 Å². The third-order valence-electron chi connectivity index (χ3n) is 3.50. The minimum absolute atomic E-state index is 0.568. The highest BCUT2D eigenvalue weighted by Gasteiger charge is 2.31. The van der Waals surface area contributed by atoms with Crippen LogP contribution in [0.3, 0.4) is 0 Å². The molecular formula is C14H15F3N4S. The predicted molar refractivity (Wildman–Crippen MR) is 80.4 cm³/mol. The van der Waals surface area contributed by atoms with Gasteiger partial charge in [0.25, 0.3) is 0 Å². The molecule has 0 atom stereocenters. The van der Waals surface area contributed by atoms with Crippen molar-refractivity contribution in [2.45, 2.75) is 19.1 Å². The third-order valence-corrected chi connectivity index (χ3v) is 4.75. The van der Waals surface area contributed by atoms with Crippen LogP contribution in [-0.4, -0.2) is 30.6 Å². The number of hydrogen-bond donors (Lipinski definition) is 0. The van der Waals surface area contributed by atoms with E-state index in [-0.39, 0.29) is 0 Å². The summed E-state index contributed by atoms with van der Waals surface area (Å²) in [6.45, 7) is 1.35. The number of anilines is 2. The molecule has 22 heavy (non-hydrogen) atoms. The van der Waals surface area contributed by atoms with Crippen molar-refractivity contribution in [3.63, 3.8) is 0 Å². The SMILES string of the molecule is CN(C)c1nc2c(s1)CN(c1ccc(C(F)(F)F)cn1)CC2. The molecule has 0 aliphatic carbocycles. The monoisotopic (exact) mass is 328 g/mol. The Bertz CT molecular complexity index is 664. The van der Waals surface area contributed by atoms with Crippen LogP contribution in [0.1, 0.15) is 16.1 Å². The molecule has 1 aliphatic rings. The van der Waals surface area contributed by atoms with Crippen molar-refractivity contribution in [3.8, 4) is 0 Å². The second kappa shape index (κ2) is 5.42. The Morgan fingerprint density at radius 2 is 2.05 bits per heavy atom. The molecule has 0 aromatic carbocycles. The fourth-order valence-electron chi connectivity index (χ4n) is 2.31. The lowest BCUT2D eigenvalue weighted by atomic mass is 10.1. The highest BCUT2D eigenvalue weighted by Crippen LogP contribution is 2.33. The van der Waals surface area contributed by atoms with Crippen LogP contribution < -0.4 is 9.80 Å². The second-order valence-electron chi connectivity index (χ2n) is 5.34. The molecule has 118 valence electrons. The zero-order valence-corrected chi connectivity index (χ0v) is 13.0. The summed E-state index contributed by atoms with van der Waals surface area (Å²) in [4.78, 5) is 13.6. The van der Waals surface area contributed by atoms with E-state index < -0.39 is 11.7 Å². The van der Waals surface area contributed by atoms with Gasteiger partial charge < -0.3 is 9.80 Å². The highest BCUT2D eigenvalue weighted by molar-refractivity contribution is 7.15. The second-order valence-corrected chi connectivity index (χ2v) is 6.40. The van der Waals surface area contributed by atoms with Crippen LogP contribution in [0.25, 0.3) is 0 Å². The lowest BCUT2D eigenvalue weighted by Crippen LogP contribution is -2.30. The Kier molecular flexibility index (Phi) is 3.72. The maximum Gasteiger partial charge on any atom is 0.417 e. The molecule has 0 saturated carbocycles. The van der Waals surface area contributed by atoms with Crippen LogP contribution >= 0.6 is 11.3 Å². The summed E-state index contributed by atoms with van der Waals surface area (Å²) in [5, 5.41) is 0.951.